The van der Waals surface area contributed by atoms with Gasteiger partial charge in [0, 0.05) is 37.6 Å². The van der Waals surface area contributed by atoms with Crippen LogP contribution in [0.1, 0.15) is 30.0 Å². The number of aromatic nitrogens is 2. The second kappa shape index (κ2) is 8.14. The zero-order valence-corrected chi connectivity index (χ0v) is 17.3. The Morgan fingerprint density at radius 1 is 1.10 bits per heavy atom. The van der Waals surface area contributed by atoms with Gasteiger partial charge in [0.05, 0.1) is 6.10 Å². The van der Waals surface area contributed by atoms with Crippen LogP contribution in [0.2, 0.25) is 0 Å². The summed E-state index contributed by atoms with van der Waals surface area (Å²) in [4.78, 5) is 37.8. The fourth-order valence-corrected chi connectivity index (χ4v) is 3.51. The third-order valence-corrected chi connectivity index (χ3v) is 4.92. The molecule has 0 bridgehead atoms. The molecule has 1 saturated heterocycles. The minimum atomic E-state index is -0.608. The highest BCUT2D eigenvalue weighted by atomic mass is 16.5. The maximum absolute atomic E-state index is 12.9. The summed E-state index contributed by atoms with van der Waals surface area (Å²) in [6, 6.07) is 10.6. The lowest BCUT2D eigenvalue weighted by molar-refractivity contribution is 0.0742. The van der Waals surface area contributed by atoms with Gasteiger partial charge < -0.3 is 19.0 Å². The molecule has 2 aromatic heterocycles. The smallest absolute Gasteiger partial charge is 0.349 e. The van der Waals surface area contributed by atoms with Crippen LogP contribution < -0.4 is 15.3 Å². The molecule has 4 rings (SSSR count). The van der Waals surface area contributed by atoms with E-state index in [0.717, 1.165) is 11.2 Å². The van der Waals surface area contributed by atoms with E-state index < -0.39 is 5.63 Å². The van der Waals surface area contributed by atoms with Gasteiger partial charge >= 0.3 is 5.63 Å². The molecular formula is C22H24N4O4. The number of para-hydroxylation sites is 1. The fraction of sp³-hybridized carbons (Fsp3) is 0.364. The van der Waals surface area contributed by atoms with Crippen LogP contribution in [0.5, 0.6) is 5.88 Å². The van der Waals surface area contributed by atoms with E-state index in [1.54, 1.807) is 23.1 Å². The molecular weight excluding hydrogens is 384 g/mol. The van der Waals surface area contributed by atoms with Gasteiger partial charge in [-0.25, -0.2) is 9.78 Å². The molecule has 1 aromatic carbocycles. The molecule has 30 heavy (non-hydrogen) atoms. The first kappa shape index (κ1) is 19.9. The van der Waals surface area contributed by atoms with Crippen LogP contribution in [0.25, 0.3) is 11.0 Å². The second-order valence-corrected chi connectivity index (χ2v) is 7.54. The van der Waals surface area contributed by atoms with Crippen molar-refractivity contribution in [2.75, 3.05) is 31.1 Å². The van der Waals surface area contributed by atoms with Crippen LogP contribution in [0, 0.1) is 6.92 Å². The lowest BCUT2D eigenvalue weighted by Gasteiger charge is -2.35. The largest absolute Gasteiger partial charge is 0.475 e. The molecule has 3 aromatic rings. The van der Waals surface area contributed by atoms with Gasteiger partial charge in [0.2, 0.25) is 5.88 Å². The Kier molecular flexibility index (Phi) is 5.39. The Balaban J connectivity index is 1.48. The average Bonchev–Trinajstić information content (AvgIpc) is 2.72. The van der Waals surface area contributed by atoms with Crippen molar-refractivity contribution in [3.8, 4) is 5.88 Å². The van der Waals surface area contributed by atoms with Crippen LogP contribution in [0.15, 0.2) is 45.6 Å². The summed E-state index contributed by atoms with van der Waals surface area (Å²) in [5, 5.41) is 0.730. The zero-order chi connectivity index (χ0) is 21.3. The predicted octanol–water partition coefficient (Wildman–Crippen LogP) is 2.64. The second-order valence-electron chi connectivity index (χ2n) is 7.54. The predicted molar refractivity (Wildman–Crippen MR) is 113 cm³/mol. The van der Waals surface area contributed by atoms with E-state index in [0.29, 0.717) is 43.5 Å². The van der Waals surface area contributed by atoms with E-state index in [-0.39, 0.29) is 17.6 Å². The molecule has 3 heterocycles. The molecule has 0 atom stereocenters. The number of anilines is 1. The molecule has 8 nitrogen and oxygen atoms in total. The minimum absolute atomic E-state index is 0.0234. The number of amides is 1. The van der Waals surface area contributed by atoms with Crippen LogP contribution >= 0.6 is 0 Å². The third kappa shape index (κ3) is 4.12. The highest BCUT2D eigenvalue weighted by molar-refractivity contribution is 5.96. The van der Waals surface area contributed by atoms with Crippen molar-refractivity contribution in [2.45, 2.75) is 26.9 Å². The molecule has 0 unspecified atom stereocenters. The normalized spacial score (nSPS) is 14.4. The number of hydrogen-bond acceptors (Lipinski definition) is 7. The van der Waals surface area contributed by atoms with Gasteiger partial charge in [-0.15, -0.1) is 0 Å². The zero-order valence-electron chi connectivity index (χ0n) is 17.3. The topological polar surface area (TPSA) is 88.8 Å². The maximum Gasteiger partial charge on any atom is 0.349 e. The van der Waals surface area contributed by atoms with Gasteiger partial charge in [0.25, 0.3) is 5.91 Å². The summed E-state index contributed by atoms with van der Waals surface area (Å²) in [5.74, 6) is 1.64. The molecule has 0 N–H and O–H groups in total. The van der Waals surface area contributed by atoms with Crippen LogP contribution in [0.3, 0.4) is 0 Å². The fourth-order valence-electron chi connectivity index (χ4n) is 3.51. The molecule has 1 aliphatic rings. The number of benzene rings is 1. The monoisotopic (exact) mass is 408 g/mol. The number of ether oxygens (including phenoxy) is 1. The van der Waals surface area contributed by atoms with Crippen molar-refractivity contribution >= 4 is 22.7 Å². The summed E-state index contributed by atoms with van der Waals surface area (Å²) in [6.07, 6.45) is 0.0234. The summed E-state index contributed by atoms with van der Waals surface area (Å²) in [5.41, 5.74) is -0.0712. The van der Waals surface area contributed by atoms with Crippen molar-refractivity contribution in [3.05, 3.63) is 58.2 Å². The number of piperazine rings is 1. The summed E-state index contributed by atoms with van der Waals surface area (Å²) < 4.78 is 11.0. The van der Waals surface area contributed by atoms with Crippen molar-refractivity contribution in [2.24, 2.45) is 0 Å². The van der Waals surface area contributed by atoms with Crippen molar-refractivity contribution < 1.29 is 13.9 Å². The average molecular weight is 408 g/mol. The lowest BCUT2D eigenvalue weighted by Crippen LogP contribution is -2.49. The van der Waals surface area contributed by atoms with Crippen LogP contribution in [-0.2, 0) is 0 Å². The van der Waals surface area contributed by atoms with E-state index in [9.17, 15) is 9.59 Å². The van der Waals surface area contributed by atoms with Crippen molar-refractivity contribution in [1.82, 2.24) is 14.9 Å². The van der Waals surface area contributed by atoms with Gasteiger partial charge in [-0.05, 0) is 32.9 Å². The first-order valence-electron chi connectivity index (χ1n) is 10.00. The van der Waals surface area contributed by atoms with Gasteiger partial charge in [0.15, 0.2) is 0 Å². The van der Waals surface area contributed by atoms with E-state index >= 15 is 0 Å². The highest BCUT2D eigenvalue weighted by Gasteiger charge is 2.26. The minimum Gasteiger partial charge on any atom is -0.475 e. The number of carbonyl (C=O) groups excluding carboxylic acids is 1. The Labute approximate surface area is 174 Å². The Bertz CT molecular complexity index is 1130. The number of carbonyl (C=O) groups is 1. The van der Waals surface area contributed by atoms with Crippen molar-refractivity contribution in [1.29, 1.82) is 0 Å². The molecule has 1 amide bonds. The van der Waals surface area contributed by atoms with E-state index in [4.69, 9.17) is 9.15 Å². The number of aryl methyl sites for hydroxylation is 1. The number of hydrogen-bond donors (Lipinski definition) is 0. The van der Waals surface area contributed by atoms with Crippen molar-refractivity contribution in [3.63, 3.8) is 0 Å². The summed E-state index contributed by atoms with van der Waals surface area (Å²) >= 11 is 0. The Morgan fingerprint density at radius 3 is 2.57 bits per heavy atom. The molecule has 8 heteroatoms. The quantitative estimate of drug-likeness (QED) is 0.613. The van der Waals surface area contributed by atoms with Gasteiger partial charge in [-0.3, -0.25) is 4.79 Å². The maximum atomic E-state index is 12.9. The molecule has 1 aliphatic heterocycles. The van der Waals surface area contributed by atoms with E-state index in [2.05, 4.69) is 14.9 Å². The first-order chi connectivity index (χ1) is 14.4. The summed E-state index contributed by atoms with van der Waals surface area (Å²) in [6.45, 7) is 7.89. The van der Waals surface area contributed by atoms with E-state index in [1.807, 2.05) is 39.0 Å². The SMILES string of the molecule is Cc1nc(OC(C)C)cc(N2CCN(C(=O)c3cc4ccccc4oc3=O)CC2)n1. The molecule has 0 saturated carbocycles. The molecule has 1 fully saturated rings. The first-order valence-corrected chi connectivity index (χ1v) is 10.00. The number of rotatable bonds is 4. The molecule has 0 radical (unpaired) electrons. The molecule has 156 valence electrons. The molecule has 0 spiro atoms. The Hall–Kier alpha value is -3.42. The highest BCUT2D eigenvalue weighted by Crippen LogP contribution is 2.21. The lowest BCUT2D eigenvalue weighted by atomic mass is 10.1. The molecule has 0 aliphatic carbocycles. The van der Waals surface area contributed by atoms with Crippen LogP contribution in [0.4, 0.5) is 5.82 Å². The van der Waals surface area contributed by atoms with Gasteiger partial charge in [-0.2, -0.15) is 4.98 Å². The summed E-state index contributed by atoms with van der Waals surface area (Å²) in [7, 11) is 0. The van der Waals surface area contributed by atoms with Gasteiger partial charge in [-0.1, -0.05) is 18.2 Å². The number of nitrogens with zero attached hydrogens (tertiary/aromatic N) is 4. The third-order valence-electron chi connectivity index (χ3n) is 4.92. The van der Waals surface area contributed by atoms with Gasteiger partial charge in [0.1, 0.15) is 22.8 Å². The van der Waals surface area contributed by atoms with Crippen LogP contribution in [-0.4, -0.2) is 53.1 Å². The standard InChI is InChI=1S/C22H24N4O4/c1-14(2)29-20-13-19(23-15(3)24-20)25-8-10-26(11-9-25)21(27)17-12-16-6-4-5-7-18(16)30-22(17)28/h4-7,12-14H,8-11H2,1-3H3. The Morgan fingerprint density at radius 2 is 1.83 bits per heavy atom. The van der Waals surface area contributed by atoms with E-state index in [1.165, 1.54) is 0 Å². The number of fused-ring (bicyclic) bond motifs is 1.